The van der Waals surface area contributed by atoms with Crippen LogP contribution >= 0.6 is 0 Å². The maximum atomic E-state index is 16.7. The van der Waals surface area contributed by atoms with Gasteiger partial charge in [-0.3, -0.25) is 0 Å². The molecule has 3 aliphatic heterocycles. The van der Waals surface area contributed by atoms with Crippen LogP contribution in [0.15, 0.2) is 205 Å². The first-order valence-corrected chi connectivity index (χ1v) is 21.6. The Balaban J connectivity index is 1.16. The van der Waals surface area contributed by atoms with Crippen molar-refractivity contribution in [3.63, 3.8) is 0 Å². The van der Waals surface area contributed by atoms with Gasteiger partial charge in [0.05, 0.1) is 6.04 Å². The smallest absolute Gasteiger partial charge is 0.252 e. The van der Waals surface area contributed by atoms with Crippen molar-refractivity contribution in [2.24, 2.45) is 5.92 Å². The lowest BCUT2D eigenvalue weighted by atomic mass is 9.33. The largest absolute Gasteiger partial charge is 0.334 e. The normalized spacial score (nSPS) is 20.3. The van der Waals surface area contributed by atoms with Gasteiger partial charge in [0, 0.05) is 68.1 Å². The Morgan fingerprint density at radius 2 is 1.41 bits per heavy atom. The molecule has 0 amide bonds. The minimum atomic E-state index is -0.228. The molecule has 3 nitrogen and oxygen atoms in total. The number of anilines is 7. The van der Waals surface area contributed by atoms with Crippen molar-refractivity contribution >= 4 is 68.5 Å². The van der Waals surface area contributed by atoms with Gasteiger partial charge in [0.1, 0.15) is 11.6 Å². The van der Waals surface area contributed by atoms with Crippen LogP contribution in [0.25, 0.3) is 5.57 Å². The molecule has 0 aromatic heterocycles. The Morgan fingerprint density at radius 3 is 2.21 bits per heavy atom. The number of halogens is 2. The highest BCUT2D eigenvalue weighted by atomic mass is 19.1. The van der Waals surface area contributed by atoms with E-state index in [9.17, 15) is 0 Å². The van der Waals surface area contributed by atoms with Crippen LogP contribution in [0, 0.1) is 11.7 Å². The summed E-state index contributed by atoms with van der Waals surface area (Å²) in [5.41, 5.74) is 16.7. The Labute approximate surface area is 356 Å². The van der Waals surface area contributed by atoms with E-state index in [-0.39, 0.29) is 36.2 Å². The van der Waals surface area contributed by atoms with Crippen LogP contribution in [0.5, 0.6) is 0 Å². The van der Waals surface area contributed by atoms with E-state index in [1.54, 1.807) is 18.2 Å². The molecule has 0 bridgehead atoms. The summed E-state index contributed by atoms with van der Waals surface area (Å²) < 4.78 is 32.6. The molecule has 0 radical (unpaired) electrons. The lowest BCUT2D eigenvalue weighted by Crippen LogP contribution is -2.63. The second-order valence-electron chi connectivity index (χ2n) is 16.9. The maximum absolute atomic E-state index is 16.7. The average molecular weight is 794 g/mol. The number of para-hydroxylation sites is 3. The molecule has 3 unspecified atom stereocenters. The highest BCUT2D eigenvalue weighted by molar-refractivity contribution is 7.00. The van der Waals surface area contributed by atoms with Gasteiger partial charge in [-0.25, -0.2) is 8.78 Å². The summed E-state index contributed by atoms with van der Waals surface area (Å²) in [6, 6.07) is 48.4. The number of nitrogens with zero attached hydrogens (tertiary/aromatic N) is 3. The predicted octanol–water partition coefficient (Wildman–Crippen LogP) is 12.3. The summed E-state index contributed by atoms with van der Waals surface area (Å²) >= 11 is 0. The van der Waals surface area contributed by atoms with E-state index in [0.29, 0.717) is 5.56 Å². The van der Waals surface area contributed by atoms with Crippen LogP contribution < -0.4 is 31.1 Å². The highest BCUT2D eigenvalue weighted by Gasteiger charge is 2.50. The van der Waals surface area contributed by atoms with Crippen molar-refractivity contribution in [1.82, 2.24) is 0 Å². The molecule has 6 aromatic carbocycles. The van der Waals surface area contributed by atoms with Gasteiger partial charge in [0.25, 0.3) is 6.71 Å². The fourth-order valence-electron chi connectivity index (χ4n) is 11.1. The van der Waals surface area contributed by atoms with Crippen LogP contribution in [0.2, 0.25) is 0 Å². The number of benzene rings is 6. The number of rotatable bonds is 5. The maximum Gasteiger partial charge on any atom is 0.252 e. The summed E-state index contributed by atoms with van der Waals surface area (Å²) in [5, 5.41) is 0. The van der Waals surface area contributed by atoms with E-state index in [1.807, 2.05) is 18.2 Å². The minimum Gasteiger partial charge on any atom is -0.334 e. The van der Waals surface area contributed by atoms with Crippen LogP contribution in [0.3, 0.4) is 0 Å². The third-order valence-electron chi connectivity index (χ3n) is 13.6. The van der Waals surface area contributed by atoms with Gasteiger partial charge in [-0.2, -0.15) is 0 Å². The molecule has 3 aliphatic carbocycles. The first-order chi connectivity index (χ1) is 30.1. The quantitative estimate of drug-likeness (QED) is 0.161. The summed E-state index contributed by atoms with van der Waals surface area (Å²) in [6.07, 6.45) is 17.2. The van der Waals surface area contributed by atoms with Crippen LogP contribution in [0.4, 0.5) is 48.6 Å². The van der Waals surface area contributed by atoms with E-state index in [0.717, 1.165) is 87.1 Å². The van der Waals surface area contributed by atoms with Crippen molar-refractivity contribution in [2.75, 3.05) is 14.7 Å². The van der Waals surface area contributed by atoms with Crippen molar-refractivity contribution in [2.45, 2.75) is 38.1 Å². The Hall–Kier alpha value is -6.92. The average Bonchev–Trinajstić information content (AvgIpc) is 3.44. The standard InChI is InChI=1S/C55H42BF2N3/c1-35-28-32-46(58)53-41-22-10-14-26-48(41)61-51-34-38(59(36-16-4-2-5-17-36)37-18-6-3-7-19-37)29-31-44(51)56-43-23-11-15-27-49(43)60(50-33-30-42(52(35)53)55(61)54(50)56)47-25-13-9-21-40(47)39-20-8-12-24-45(39)57/h2-8,10-12,14-25,27-35,48,52H,9,13,26H2,1H3. The van der Waals surface area contributed by atoms with Crippen LogP contribution in [-0.2, 0) is 0 Å². The molecule has 0 spiro atoms. The number of hydrogen-bond acceptors (Lipinski definition) is 3. The van der Waals surface area contributed by atoms with Crippen LogP contribution in [0.1, 0.15) is 43.2 Å². The van der Waals surface area contributed by atoms with Gasteiger partial charge in [-0.15, -0.1) is 0 Å². The van der Waals surface area contributed by atoms with Crippen molar-refractivity contribution in [1.29, 1.82) is 0 Å². The first-order valence-electron chi connectivity index (χ1n) is 21.6. The van der Waals surface area contributed by atoms with Crippen molar-refractivity contribution < 1.29 is 8.78 Å². The monoisotopic (exact) mass is 793 g/mol. The fourth-order valence-corrected chi connectivity index (χ4v) is 11.1. The Kier molecular flexibility index (Phi) is 8.31. The zero-order valence-electron chi connectivity index (χ0n) is 33.8. The SMILES string of the molecule is CC1C=CC(F)=C2C3=CC=CCC3N3c4cc(N(c5ccccc5)c5ccccc5)ccc4B4c5ccccc5N(C5=CCCC=C5c5ccccc5F)c5ccc(c3c54)C21. The molecular formula is C55H42BF2N3. The first kappa shape index (κ1) is 36.0. The summed E-state index contributed by atoms with van der Waals surface area (Å²) in [6.45, 7) is 2.12. The number of allylic oxidation sites excluding steroid dienone is 8. The lowest BCUT2D eigenvalue weighted by Gasteiger charge is -2.48. The van der Waals surface area contributed by atoms with E-state index in [2.05, 4.69) is 167 Å². The second-order valence-corrected chi connectivity index (χ2v) is 16.9. The molecule has 0 saturated heterocycles. The molecule has 6 aromatic rings. The third kappa shape index (κ3) is 5.41. The topological polar surface area (TPSA) is 9.72 Å². The van der Waals surface area contributed by atoms with Crippen molar-refractivity contribution in [3.8, 4) is 0 Å². The number of hydrogen-bond donors (Lipinski definition) is 0. The Bertz CT molecular complexity index is 2940. The Morgan fingerprint density at radius 1 is 0.689 bits per heavy atom. The minimum absolute atomic E-state index is 0.0673. The van der Waals surface area contributed by atoms with E-state index < -0.39 is 0 Å². The van der Waals surface area contributed by atoms with Crippen molar-refractivity contribution in [3.05, 3.63) is 222 Å². The van der Waals surface area contributed by atoms with E-state index in [1.165, 1.54) is 16.4 Å². The number of fused-ring (bicyclic) bond motifs is 10. The lowest BCUT2D eigenvalue weighted by molar-refractivity contribution is 0.553. The molecule has 0 saturated carbocycles. The van der Waals surface area contributed by atoms with Gasteiger partial charge in [0.15, 0.2) is 0 Å². The van der Waals surface area contributed by atoms with Gasteiger partial charge in [0.2, 0.25) is 0 Å². The van der Waals surface area contributed by atoms with Gasteiger partial charge in [-0.1, -0.05) is 128 Å². The molecule has 3 heterocycles. The zero-order valence-corrected chi connectivity index (χ0v) is 33.8. The van der Waals surface area contributed by atoms with Gasteiger partial charge >= 0.3 is 0 Å². The molecule has 61 heavy (non-hydrogen) atoms. The second kappa shape index (κ2) is 14.1. The molecule has 294 valence electrons. The predicted molar refractivity (Wildman–Crippen MR) is 249 cm³/mol. The van der Waals surface area contributed by atoms with E-state index >= 15 is 8.78 Å². The summed E-state index contributed by atoms with van der Waals surface area (Å²) in [4.78, 5) is 7.30. The molecule has 0 N–H and O–H groups in total. The molecule has 6 heteroatoms. The van der Waals surface area contributed by atoms with E-state index in [4.69, 9.17) is 0 Å². The van der Waals surface area contributed by atoms with Crippen LogP contribution in [-0.4, -0.2) is 12.8 Å². The molecule has 12 rings (SSSR count). The summed E-state index contributed by atoms with van der Waals surface area (Å²) in [5.74, 6) is -0.491. The molecule has 3 atom stereocenters. The molecule has 0 fully saturated rings. The zero-order chi connectivity index (χ0) is 40.8. The summed E-state index contributed by atoms with van der Waals surface area (Å²) in [7, 11) is 0. The molecular weight excluding hydrogens is 751 g/mol. The fraction of sp³-hybridized carbons (Fsp3) is 0.127. The van der Waals surface area contributed by atoms with Gasteiger partial charge in [-0.05, 0) is 113 Å². The molecule has 6 aliphatic rings. The third-order valence-corrected chi connectivity index (χ3v) is 13.6. The highest BCUT2D eigenvalue weighted by Crippen LogP contribution is 2.55. The van der Waals surface area contributed by atoms with Gasteiger partial charge < -0.3 is 14.7 Å².